The fourth-order valence-electron chi connectivity index (χ4n) is 1.19. The van der Waals surface area contributed by atoms with Crippen LogP contribution in [-0.2, 0) is 0 Å². The lowest BCUT2D eigenvalue weighted by atomic mass is 10.1. The van der Waals surface area contributed by atoms with Gasteiger partial charge in [0.1, 0.15) is 5.75 Å². The third-order valence-corrected chi connectivity index (χ3v) is 2.08. The first kappa shape index (κ1) is 13.2. The zero-order valence-corrected chi connectivity index (χ0v) is 9.71. The van der Waals surface area contributed by atoms with E-state index < -0.39 is 11.5 Å². The number of hydrogen-bond acceptors (Lipinski definition) is 2. The first-order valence-corrected chi connectivity index (χ1v) is 5.20. The second-order valence-corrected chi connectivity index (χ2v) is 4.18. The molecule has 1 unspecified atom stereocenters. The van der Waals surface area contributed by atoms with E-state index in [1.807, 2.05) is 13.8 Å². The van der Waals surface area contributed by atoms with Crippen molar-refractivity contribution in [3.63, 3.8) is 0 Å². The Morgan fingerprint density at radius 3 is 2.12 bits per heavy atom. The molecule has 1 aromatic rings. The van der Waals surface area contributed by atoms with Gasteiger partial charge in [0.25, 0.3) is 0 Å². The predicted molar refractivity (Wildman–Crippen MR) is 58.0 cm³/mol. The van der Waals surface area contributed by atoms with Gasteiger partial charge in [-0.3, -0.25) is 0 Å². The number of hydrogen-bond donors (Lipinski definition) is 1. The van der Waals surface area contributed by atoms with E-state index in [0.29, 0.717) is 5.75 Å². The molecule has 0 saturated carbocycles. The van der Waals surface area contributed by atoms with Crippen LogP contribution in [0.15, 0.2) is 24.3 Å². The third kappa shape index (κ3) is 3.61. The third-order valence-electron chi connectivity index (χ3n) is 1.88. The molecule has 90 valence electrons. The van der Waals surface area contributed by atoms with Crippen LogP contribution in [0.3, 0.4) is 0 Å². The molecule has 0 aliphatic rings. The van der Waals surface area contributed by atoms with Gasteiger partial charge < -0.3 is 9.84 Å². The van der Waals surface area contributed by atoms with Crippen molar-refractivity contribution in [1.82, 2.24) is 0 Å². The Labute approximate surface area is 97.8 Å². The van der Waals surface area contributed by atoms with Crippen LogP contribution in [0.25, 0.3) is 0 Å². The molecule has 0 saturated heterocycles. The standard InChI is InChI=1S/C11H13ClF2O2/c1-7(2)16-9-5-3-8(4-6-9)10(15)11(12,13)14/h3-7,10,15H,1-2H3. The maximum absolute atomic E-state index is 12.6. The molecule has 16 heavy (non-hydrogen) atoms. The molecule has 0 fully saturated rings. The molecule has 0 bridgehead atoms. The monoisotopic (exact) mass is 250 g/mol. The minimum Gasteiger partial charge on any atom is -0.491 e. The van der Waals surface area contributed by atoms with E-state index in [2.05, 4.69) is 0 Å². The molecule has 0 heterocycles. The maximum Gasteiger partial charge on any atom is 0.351 e. The van der Waals surface area contributed by atoms with Gasteiger partial charge in [-0.05, 0) is 43.1 Å². The molecule has 1 N–H and O–H groups in total. The predicted octanol–water partition coefficient (Wildman–Crippen LogP) is 3.34. The van der Waals surface area contributed by atoms with Gasteiger partial charge in [0, 0.05) is 0 Å². The Morgan fingerprint density at radius 2 is 1.75 bits per heavy atom. The molecule has 0 spiro atoms. The summed E-state index contributed by atoms with van der Waals surface area (Å²) in [5, 5.41) is 5.54. The van der Waals surface area contributed by atoms with Crippen LogP contribution >= 0.6 is 11.6 Å². The van der Waals surface area contributed by atoms with Gasteiger partial charge in [0.15, 0.2) is 6.10 Å². The highest BCUT2D eigenvalue weighted by atomic mass is 35.5. The van der Waals surface area contributed by atoms with Crippen LogP contribution in [0, 0.1) is 0 Å². The normalized spacial score (nSPS) is 13.9. The fourth-order valence-corrected chi connectivity index (χ4v) is 1.32. The molecular weight excluding hydrogens is 238 g/mol. The van der Waals surface area contributed by atoms with Crippen molar-refractivity contribution in [1.29, 1.82) is 0 Å². The van der Waals surface area contributed by atoms with Crippen molar-refractivity contribution in [3.8, 4) is 5.75 Å². The highest BCUT2D eigenvalue weighted by Crippen LogP contribution is 2.35. The van der Waals surface area contributed by atoms with Gasteiger partial charge in [0.2, 0.25) is 0 Å². The maximum atomic E-state index is 12.6. The number of halogens is 3. The summed E-state index contributed by atoms with van der Waals surface area (Å²) in [7, 11) is 0. The molecule has 2 nitrogen and oxygen atoms in total. The van der Waals surface area contributed by atoms with Gasteiger partial charge in [-0.25, -0.2) is 0 Å². The Morgan fingerprint density at radius 1 is 1.25 bits per heavy atom. The van der Waals surface area contributed by atoms with Gasteiger partial charge in [-0.2, -0.15) is 8.78 Å². The van der Waals surface area contributed by atoms with Crippen molar-refractivity contribution in [3.05, 3.63) is 29.8 Å². The van der Waals surface area contributed by atoms with E-state index in [1.165, 1.54) is 24.3 Å². The number of rotatable bonds is 4. The zero-order chi connectivity index (χ0) is 12.3. The van der Waals surface area contributed by atoms with Crippen LogP contribution in [-0.4, -0.2) is 16.6 Å². The minimum atomic E-state index is -3.67. The van der Waals surface area contributed by atoms with Gasteiger partial charge in [-0.1, -0.05) is 12.1 Å². The first-order valence-electron chi connectivity index (χ1n) is 4.82. The van der Waals surface area contributed by atoms with Gasteiger partial charge in [0.05, 0.1) is 6.10 Å². The lowest BCUT2D eigenvalue weighted by molar-refractivity contribution is -0.0424. The molecule has 0 amide bonds. The Bertz CT molecular complexity index is 333. The molecule has 0 aliphatic heterocycles. The molecule has 1 aromatic carbocycles. The number of benzene rings is 1. The molecule has 0 aromatic heterocycles. The van der Waals surface area contributed by atoms with E-state index in [-0.39, 0.29) is 11.7 Å². The minimum absolute atomic E-state index is 0.00485. The average Bonchev–Trinajstić information content (AvgIpc) is 2.15. The largest absolute Gasteiger partial charge is 0.491 e. The smallest absolute Gasteiger partial charge is 0.351 e. The molecule has 1 rings (SSSR count). The SMILES string of the molecule is CC(C)Oc1ccc(C(O)C(F)(F)Cl)cc1. The summed E-state index contributed by atoms with van der Waals surface area (Å²) in [5.41, 5.74) is 0.0520. The van der Waals surface area contributed by atoms with Crippen LogP contribution in [0.2, 0.25) is 0 Å². The number of alkyl halides is 3. The average molecular weight is 251 g/mol. The van der Waals surface area contributed by atoms with Crippen LogP contribution < -0.4 is 4.74 Å². The molecular formula is C11H13ClF2O2. The van der Waals surface area contributed by atoms with E-state index in [1.54, 1.807) is 0 Å². The first-order chi connectivity index (χ1) is 7.30. The van der Waals surface area contributed by atoms with Crippen molar-refractivity contribution < 1.29 is 18.6 Å². The van der Waals surface area contributed by atoms with E-state index in [0.717, 1.165) is 0 Å². The van der Waals surface area contributed by atoms with E-state index in [9.17, 15) is 13.9 Å². The van der Waals surface area contributed by atoms with Gasteiger partial charge in [-0.15, -0.1) is 0 Å². The summed E-state index contributed by atoms with van der Waals surface area (Å²) in [6.07, 6.45) is -2.01. The van der Waals surface area contributed by atoms with Crippen molar-refractivity contribution in [2.45, 2.75) is 31.4 Å². The molecule has 5 heteroatoms. The van der Waals surface area contributed by atoms with Crippen molar-refractivity contribution in [2.24, 2.45) is 0 Å². The van der Waals surface area contributed by atoms with Crippen LogP contribution in [0.1, 0.15) is 25.5 Å². The fraction of sp³-hybridized carbons (Fsp3) is 0.455. The van der Waals surface area contributed by atoms with Crippen LogP contribution in [0.4, 0.5) is 8.78 Å². The zero-order valence-electron chi connectivity index (χ0n) is 8.95. The molecule has 0 aliphatic carbocycles. The van der Waals surface area contributed by atoms with Crippen LogP contribution in [0.5, 0.6) is 5.75 Å². The van der Waals surface area contributed by atoms with E-state index >= 15 is 0 Å². The van der Waals surface area contributed by atoms with Gasteiger partial charge >= 0.3 is 5.38 Å². The van der Waals surface area contributed by atoms with Crippen molar-refractivity contribution >= 4 is 11.6 Å². The number of aliphatic hydroxyl groups is 1. The summed E-state index contributed by atoms with van der Waals surface area (Å²) < 4.78 is 30.5. The number of aliphatic hydroxyl groups excluding tert-OH is 1. The topological polar surface area (TPSA) is 29.5 Å². The summed E-state index contributed by atoms with van der Waals surface area (Å²) >= 11 is 4.73. The Kier molecular flexibility index (Phi) is 4.10. The highest BCUT2D eigenvalue weighted by Gasteiger charge is 2.36. The summed E-state index contributed by atoms with van der Waals surface area (Å²) in [4.78, 5) is 0. The Hall–Kier alpha value is -0.870. The lowest BCUT2D eigenvalue weighted by Gasteiger charge is -2.17. The summed E-state index contributed by atoms with van der Waals surface area (Å²) in [5.74, 6) is 0.559. The number of ether oxygens (including phenoxy) is 1. The quantitative estimate of drug-likeness (QED) is 0.831. The van der Waals surface area contributed by atoms with Crippen molar-refractivity contribution in [2.75, 3.05) is 0 Å². The molecule has 0 radical (unpaired) electrons. The highest BCUT2D eigenvalue weighted by molar-refractivity contribution is 6.22. The summed E-state index contributed by atoms with van der Waals surface area (Å²) in [6, 6.07) is 5.75. The molecule has 1 atom stereocenters. The second kappa shape index (κ2) is 4.97. The van der Waals surface area contributed by atoms with E-state index in [4.69, 9.17) is 16.3 Å². The lowest BCUT2D eigenvalue weighted by Crippen LogP contribution is -2.18. The summed E-state index contributed by atoms with van der Waals surface area (Å²) in [6.45, 7) is 3.71. The Balaban J connectivity index is 2.79. The second-order valence-electron chi connectivity index (χ2n) is 3.68.